The number of carbonyl (C=O) groups excluding carboxylic acids is 2. The van der Waals surface area contributed by atoms with Crippen molar-refractivity contribution >= 4 is 11.9 Å². The fraction of sp³-hybridized carbons (Fsp3) is 0.429. The summed E-state index contributed by atoms with van der Waals surface area (Å²) in [6.45, 7) is 1.02. The molecular formula is C14H17NO4. The lowest BCUT2D eigenvalue weighted by Crippen LogP contribution is -2.38. The fourth-order valence-corrected chi connectivity index (χ4v) is 2.18. The van der Waals surface area contributed by atoms with E-state index < -0.39 is 0 Å². The standard InChI is InChI=1S/C14H17NO4/c1-18-11-3-4-12-10(9-11)5-7-15(14(12)17)8-6-13(16)19-2/h3-4,9H,5-8H2,1-2H3. The molecule has 0 saturated carbocycles. The number of hydrogen-bond donors (Lipinski definition) is 0. The van der Waals surface area contributed by atoms with Crippen LogP contribution in [0.3, 0.4) is 0 Å². The normalized spacial score (nSPS) is 14.0. The molecule has 102 valence electrons. The summed E-state index contributed by atoms with van der Waals surface area (Å²) in [5.74, 6) is 0.427. The first-order valence-corrected chi connectivity index (χ1v) is 6.18. The lowest BCUT2D eigenvalue weighted by Gasteiger charge is -2.28. The maximum absolute atomic E-state index is 12.3. The Labute approximate surface area is 112 Å². The Hall–Kier alpha value is -2.04. The quantitative estimate of drug-likeness (QED) is 0.767. The molecule has 0 bridgehead atoms. The Morgan fingerprint density at radius 2 is 2.16 bits per heavy atom. The molecule has 0 fully saturated rings. The molecule has 2 rings (SSSR count). The van der Waals surface area contributed by atoms with E-state index in [4.69, 9.17) is 4.74 Å². The van der Waals surface area contributed by atoms with Gasteiger partial charge in [0.2, 0.25) is 0 Å². The molecule has 0 N–H and O–H groups in total. The highest BCUT2D eigenvalue weighted by molar-refractivity contribution is 5.97. The van der Waals surface area contributed by atoms with E-state index in [1.54, 1.807) is 24.1 Å². The van der Waals surface area contributed by atoms with Gasteiger partial charge in [0.1, 0.15) is 5.75 Å². The van der Waals surface area contributed by atoms with Gasteiger partial charge in [-0.25, -0.2) is 0 Å². The van der Waals surface area contributed by atoms with Gasteiger partial charge in [0.25, 0.3) is 5.91 Å². The Morgan fingerprint density at radius 3 is 2.84 bits per heavy atom. The van der Waals surface area contributed by atoms with Gasteiger partial charge in [-0.2, -0.15) is 0 Å². The van der Waals surface area contributed by atoms with Crippen molar-refractivity contribution in [2.75, 3.05) is 27.3 Å². The maximum atomic E-state index is 12.3. The number of carbonyl (C=O) groups is 2. The zero-order chi connectivity index (χ0) is 13.8. The highest BCUT2D eigenvalue weighted by Crippen LogP contribution is 2.23. The van der Waals surface area contributed by atoms with Crippen LogP contribution in [0.2, 0.25) is 0 Å². The zero-order valence-electron chi connectivity index (χ0n) is 11.1. The Bertz CT molecular complexity index is 498. The van der Waals surface area contributed by atoms with Gasteiger partial charge < -0.3 is 14.4 Å². The van der Waals surface area contributed by atoms with Crippen LogP contribution in [0.1, 0.15) is 22.3 Å². The molecule has 0 atom stereocenters. The number of benzene rings is 1. The number of ether oxygens (including phenoxy) is 2. The molecule has 0 radical (unpaired) electrons. The zero-order valence-corrected chi connectivity index (χ0v) is 11.1. The van der Waals surface area contributed by atoms with Crippen LogP contribution >= 0.6 is 0 Å². The van der Waals surface area contributed by atoms with Crippen molar-refractivity contribution < 1.29 is 19.1 Å². The first-order chi connectivity index (χ1) is 9.15. The second-order valence-corrected chi connectivity index (χ2v) is 4.39. The SMILES string of the molecule is COC(=O)CCN1CCc2cc(OC)ccc2C1=O. The minimum atomic E-state index is -0.298. The van der Waals surface area contributed by atoms with Gasteiger partial charge in [-0.1, -0.05) is 0 Å². The monoisotopic (exact) mass is 263 g/mol. The summed E-state index contributed by atoms with van der Waals surface area (Å²) in [6, 6.07) is 5.45. The summed E-state index contributed by atoms with van der Waals surface area (Å²) in [4.78, 5) is 25.0. The predicted octanol–water partition coefficient (Wildman–Crippen LogP) is 1.26. The molecule has 19 heavy (non-hydrogen) atoms. The van der Waals surface area contributed by atoms with Crippen molar-refractivity contribution in [3.05, 3.63) is 29.3 Å². The minimum Gasteiger partial charge on any atom is -0.497 e. The molecule has 5 heteroatoms. The molecule has 0 aromatic heterocycles. The van der Waals surface area contributed by atoms with Crippen LogP contribution in [0.15, 0.2) is 18.2 Å². The summed E-state index contributed by atoms with van der Waals surface area (Å²) < 4.78 is 9.73. The van der Waals surface area contributed by atoms with Crippen molar-refractivity contribution in [3.63, 3.8) is 0 Å². The molecular weight excluding hydrogens is 246 g/mol. The number of amides is 1. The molecule has 1 aromatic carbocycles. The second-order valence-electron chi connectivity index (χ2n) is 4.39. The number of fused-ring (bicyclic) bond motifs is 1. The Morgan fingerprint density at radius 1 is 1.37 bits per heavy atom. The van der Waals surface area contributed by atoms with Crippen molar-refractivity contribution in [2.45, 2.75) is 12.8 Å². The van der Waals surface area contributed by atoms with E-state index in [0.717, 1.165) is 17.7 Å². The Balaban J connectivity index is 2.09. The molecule has 5 nitrogen and oxygen atoms in total. The first-order valence-electron chi connectivity index (χ1n) is 6.18. The largest absolute Gasteiger partial charge is 0.497 e. The van der Waals surface area contributed by atoms with E-state index in [9.17, 15) is 9.59 Å². The van der Waals surface area contributed by atoms with E-state index >= 15 is 0 Å². The fourth-order valence-electron chi connectivity index (χ4n) is 2.18. The van der Waals surface area contributed by atoms with Crippen LogP contribution in [0, 0.1) is 0 Å². The predicted molar refractivity (Wildman–Crippen MR) is 69.2 cm³/mol. The van der Waals surface area contributed by atoms with Gasteiger partial charge in [0.05, 0.1) is 20.6 Å². The van der Waals surface area contributed by atoms with Gasteiger partial charge in [-0.3, -0.25) is 9.59 Å². The molecule has 1 aliphatic rings. The van der Waals surface area contributed by atoms with Crippen molar-refractivity contribution in [2.24, 2.45) is 0 Å². The third kappa shape index (κ3) is 2.86. The average molecular weight is 263 g/mol. The van der Waals surface area contributed by atoms with Gasteiger partial charge in [0, 0.05) is 18.7 Å². The van der Waals surface area contributed by atoms with Gasteiger partial charge in [-0.15, -0.1) is 0 Å². The Kier molecular flexibility index (Phi) is 4.04. The van der Waals surface area contributed by atoms with Crippen LogP contribution in [0.5, 0.6) is 5.75 Å². The van der Waals surface area contributed by atoms with Crippen molar-refractivity contribution in [1.82, 2.24) is 4.90 Å². The lowest BCUT2D eigenvalue weighted by atomic mass is 9.98. The molecule has 1 aromatic rings. The minimum absolute atomic E-state index is 0.0344. The lowest BCUT2D eigenvalue weighted by molar-refractivity contribution is -0.140. The number of rotatable bonds is 4. The third-order valence-electron chi connectivity index (χ3n) is 3.29. The topological polar surface area (TPSA) is 55.8 Å². The number of hydrogen-bond acceptors (Lipinski definition) is 4. The van der Waals surface area contributed by atoms with Crippen molar-refractivity contribution in [1.29, 1.82) is 0 Å². The maximum Gasteiger partial charge on any atom is 0.307 e. The number of methoxy groups -OCH3 is 2. The summed E-state index contributed by atoms with van der Waals surface area (Å²) in [5.41, 5.74) is 1.69. The van der Waals surface area contributed by atoms with Crippen LogP contribution in [-0.2, 0) is 16.0 Å². The highest BCUT2D eigenvalue weighted by atomic mass is 16.5. The molecule has 1 aliphatic heterocycles. The van der Waals surface area contributed by atoms with E-state index in [0.29, 0.717) is 18.7 Å². The molecule has 0 saturated heterocycles. The molecule has 1 amide bonds. The van der Waals surface area contributed by atoms with Gasteiger partial charge in [-0.05, 0) is 30.2 Å². The third-order valence-corrected chi connectivity index (χ3v) is 3.29. The van der Waals surface area contributed by atoms with E-state index in [1.165, 1.54) is 7.11 Å². The summed E-state index contributed by atoms with van der Waals surface area (Å²) in [6.07, 6.45) is 1.01. The van der Waals surface area contributed by atoms with Crippen LogP contribution in [0.25, 0.3) is 0 Å². The summed E-state index contributed by atoms with van der Waals surface area (Å²) >= 11 is 0. The van der Waals surface area contributed by atoms with Crippen LogP contribution < -0.4 is 4.74 Å². The van der Waals surface area contributed by atoms with E-state index in [-0.39, 0.29) is 18.3 Å². The van der Waals surface area contributed by atoms with Gasteiger partial charge in [0.15, 0.2) is 0 Å². The highest BCUT2D eigenvalue weighted by Gasteiger charge is 2.24. The molecule has 1 heterocycles. The second kappa shape index (κ2) is 5.73. The van der Waals surface area contributed by atoms with Crippen LogP contribution in [-0.4, -0.2) is 44.1 Å². The average Bonchev–Trinajstić information content (AvgIpc) is 2.45. The number of esters is 1. The molecule has 0 aliphatic carbocycles. The number of nitrogens with zero attached hydrogens (tertiary/aromatic N) is 1. The molecule has 0 spiro atoms. The van der Waals surface area contributed by atoms with E-state index in [1.807, 2.05) is 6.07 Å². The van der Waals surface area contributed by atoms with E-state index in [2.05, 4.69) is 4.74 Å². The first kappa shape index (κ1) is 13.4. The smallest absolute Gasteiger partial charge is 0.307 e. The van der Waals surface area contributed by atoms with Crippen molar-refractivity contribution in [3.8, 4) is 5.75 Å². The summed E-state index contributed by atoms with van der Waals surface area (Å²) in [7, 11) is 2.96. The van der Waals surface area contributed by atoms with Crippen LogP contribution in [0.4, 0.5) is 0 Å². The van der Waals surface area contributed by atoms with Gasteiger partial charge >= 0.3 is 5.97 Å². The summed E-state index contributed by atoms with van der Waals surface area (Å²) in [5, 5.41) is 0. The molecule has 0 unspecified atom stereocenters.